The van der Waals surface area contributed by atoms with Gasteiger partial charge in [-0.2, -0.15) is 0 Å². The Kier molecular flexibility index (Phi) is 2.88. The van der Waals surface area contributed by atoms with Crippen molar-refractivity contribution in [3.63, 3.8) is 0 Å². The first-order chi connectivity index (χ1) is 5.29. The summed E-state index contributed by atoms with van der Waals surface area (Å²) < 4.78 is 4.87. The summed E-state index contributed by atoms with van der Waals surface area (Å²) in [5.74, 6) is 0.186. The van der Waals surface area contributed by atoms with Crippen molar-refractivity contribution < 1.29 is 14.6 Å². The summed E-state index contributed by atoms with van der Waals surface area (Å²) in [4.78, 5) is 11.0. The van der Waals surface area contributed by atoms with E-state index >= 15 is 0 Å². The lowest BCUT2D eigenvalue weighted by Crippen LogP contribution is -2.15. The van der Waals surface area contributed by atoms with Crippen molar-refractivity contribution in [1.82, 2.24) is 0 Å². The van der Waals surface area contributed by atoms with Crippen LogP contribution in [0.3, 0.4) is 0 Å². The Morgan fingerprint density at radius 3 is 3.00 bits per heavy atom. The Morgan fingerprint density at radius 2 is 2.45 bits per heavy atom. The fourth-order valence-corrected chi connectivity index (χ4v) is 1.56. The highest BCUT2D eigenvalue weighted by molar-refractivity contribution is 5.74. The first kappa shape index (κ1) is 8.53. The molecular weight excluding hydrogens is 144 g/mol. The van der Waals surface area contributed by atoms with Crippen molar-refractivity contribution in [2.45, 2.75) is 19.8 Å². The van der Waals surface area contributed by atoms with Gasteiger partial charge in [0.05, 0.1) is 12.5 Å². The second-order valence-corrected chi connectivity index (χ2v) is 2.92. The van der Waals surface area contributed by atoms with Gasteiger partial charge in [0.15, 0.2) is 0 Å². The maximum atomic E-state index is 11.0. The highest BCUT2D eigenvalue weighted by Crippen LogP contribution is 2.27. The fourth-order valence-electron chi connectivity index (χ4n) is 1.56. The lowest BCUT2D eigenvalue weighted by atomic mass is 9.91. The number of hydrogen-bond acceptors (Lipinski definition) is 3. The predicted octanol–water partition coefficient (Wildman–Crippen LogP) is 0.568. The zero-order valence-electron chi connectivity index (χ0n) is 6.75. The molecule has 0 aromatic carbocycles. The second-order valence-electron chi connectivity index (χ2n) is 2.92. The number of cyclic esters (lactones) is 1. The smallest absolute Gasteiger partial charge is 0.309 e. The number of aliphatic hydroxyl groups excluding tert-OH is 1. The molecule has 64 valence electrons. The van der Waals surface area contributed by atoms with Gasteiger partial charge in [0, 0.05) is 12.5 Å². The molecule has 3 nitrogen and oxygen atoms in total. The lowest BCUT2D eigenvalue weighted by molar-refractivity contribution is -0.141. The van der Waals surface area contributed by atoms with Gasteiger partial charge in [-0.25, -0.2) is 0 Å². The molecule has 0 aromatic rings. The summed E-state index contributed by atoms with van der Waals surface area (Å²) in [7, 11) is 0. The second kappa shape index (κ2) is 3.72. The van der Waals surface area contributed by atoms with E-state index in [-0.39, 0.29) is 24.4 Å². The monoisotopic (exact) mass is 158 g/mol. The molecule has 1 saturated heterocycles. The van der Waals surface area contributed by atoms with Gasteiger partial charge in [-0.15, -0.1) is 0 Å². The minimum absolute atomic E-state index is 0.0298. The van der Waals surface area contributed by atoms with Crippen molar-refractivity contribution in [3.8, 4) is 0 Å². The molecule has 1 heterocycles. The quantitative estimate of drug-likeness (QED) is 0.611. The zero-order chi connectivity index (χ0) is 8.27. The molecule has 1 fully saturated rings. The molecule has 1 rings (SSSR count). The number of esters is 1. The van der Waals surface area contributed by atoms with Crippen LogP contribution in [0.2, 0.25) is 0 Å². The normalized spacial score (nSPS) is 30.5. The largest absolute Gasteiger partial charge is 0.465 e. The first-order valence-corrected chi connectivity index (χ1v) is 4.07. The molecular formula is C8H14O3. The molecule has 0 amide bonds. The Bertz CT molecular complexity index is 144. The van der Waals surface area contributed by atoms with E-state index in [0.717, 1.165) is 6.42 Å². The molecule has 1 N–H and O–H groups in total. The van der Waals surface area contributed by atoms with Crippen LogP contribution >= 0.6 is 0 Å². The van der Waals surface area contributed by atoms with E-state index in [4.69, 9.17) is 9.84 Å². The number of carbonyl (C=O) groups excluding carboxylic acids is 1. The van der Waals surface area contributed by atoms with Gasteiger partial charge >= 0.3 is 5.97 Å². The minimum Gasteiger partial charge on any atom is -0.465 e. The van der Waals surface area contributed by atoms with E-state index in [1.165, 1.54) is 0 Å². The van der Waals surface area contributed by atoms with Gasteiger partial charge in [-0.05, 0) is 12.8 Å². The van der Waals surface area contributed by atoms with Gasteiger partial charge < -0.3 is 9.84 Å². The maximum absolute atomic E-state index is 11.0. The summed E-state index contributed by atoms with van der Waals surface area (Å²) in [6.07, 6.45) is 1.51. The van der Waals surface area contributed by atoms with Crippen LogP contribution in [0.5, 0.6) is 0 Å². The standard InChI is InChI=1S/C8H14O3/c1-2-7-6(3-4-9)5-11-8(7)10/h6-7,9H,2-5H2,1H3. The van der Waals surface area contributed by atoms with Crippen LogP contribution in [0.15, 0.2) is 0 Å². The number of rotatable bonds is 3. The van der Waals surface area contributed by atoms with E-state index in [0.29, 0.717) is 13.0 Å². The molecule has 0 aromatic heterocycles. The van der Waals surface area contributed by atoms with Gasteiger partial charge in [0.1, 0.15) is 0 Å². The van der Waals surface area contributed by atoms with Crippen molar-refractivity contribution in [2.75, 3.05) is 13.2 Å². The van der Waals surface area contributed by atoms with Crippen molar-refractivity contribution in [2.24, 2.45) is 11.8 Å². The van der Waals surface area contributed by atoms with Gasteiger partial charge in [0.25, 0.3) is 0 Å². The highest BCUT2D eigenvalue weighted by Gasteiger charge is 2.34. The van der Waals surface area contributed by atoms with Gasteiger partial charge in [-0.1, -0.05) is 6.92 Å². The van der Waals surface area contributed by atoms with E-state index in [1.807, 2.05) is 6.92 Å². The fraction of sp³-hybridized carbons (Fsp3) is 0.875. The van der Waals surface area contributed by atoms with Crippen molar-refractivity contribution >= 4 is 5.97 Å². The Balaban J connectivity index is 2.47. The molecule has 1 aliphatic heterocycles. The summed E-state index contributed by atoms with van der Waals surface area (Å²) in [5, 5.41) is 8.66. The molecule has 2 unspecified atom stereocenters. The third-order valence-electron chi connectivity index (χ3n) is 2.25. The van der Waals surface area contributed by atoms with E-state index in [1.54, 1.807) is 0 Å². The summed E-state index contributed by atoms with van der Waals surface area (Å²) in [5.41, 5.74) is 0. The Morgan fingerprint density at radius 1 is 1.73 bits per heavy atom. The van der Waals surface area contributed by atoms with Gasteiger partial charge in [-0.3, -0.25) is 4.79 Å². The molecule has 3 heteroatoms. The van der Waals surface area contributed by atoms with Crippen molar-refractivity contribution in [3.05, 3.63) is 0 Å². The van der Waals surface area contributed by atoms with Crippen LogP contribution in [0.4, 0.5) is 0 Å². The Hall–Kier alpha value is -0.570. The third kappa shape index (κ3) is 1.71. The highest BCUT2D eigenvalue weighted by atomic mass is 16.5. The topological polar surface area (TPSA) is 46.5 Å². The number of aliphatic hydroxyl groups is 1. The zero-order valence-corrected chi connectivity index (χ0v) is 6.75. The molecule has 2 atom stereocenters. The van der Waals surface area contributed by atoms with Crippen LogP contribution in [0, 0.1) is 11.8 Å². The minimum atomic E-state index is -0.0917. The van der Waals surface area contributed by atoms with Crippen LogP contribution in [-0.2, 0) is 9.53 Å². The predicted molar refractivity (Wildman–Crippen MR) is 39.9 cm³/mol. The van der Waals surface area contributed by atoms with Crippen molar-refractivity contribution in [1.29, 1.82) is 0 Å². The average molecular weight is 158 g/mol. The van der Waals surface area contributed by atoms with Crippen LogP contribution in [0.25, 0.3) is 0 Å². The lowest BCUT2D eigenvalue weighted by Gasteiger charge is -2.10. The number of hydrogen-bond donors (Lipinski definition) is 1. The summed E-state index contributed by atoms with van der Waals surface area (Å²) in [6.45, 7) is 2.62. The van der Waals surface area contributed by atoms with Crippen LogP contribution < -0.4 is 0 Å². The summed E-state index contributed by atoms with van der Waals surface area (Å²) in [6, 6.07) is 0. The van der Waals surface area contributed by atoms with E-state index in [2.05, 4.69) is 0 Å². The molecule has 0 aliphatic carbocycles. The SMILES string of the molecule is CCC1C(=O)OCC1CCO. The molecule has 0 radical (unpaired) electrons. The number of ether oxygens (including phenoxy) is 1. The van der Waals surface area contributed by atoms with Gasteiger partial charge in [0.2, 0.25) is 0 Å². The number of carbonyl (C=O) groups is 1. The average Bonchev–Trinajstić information content (AvgIpc) is 2.33. The third-order valence-corrected chi connectivity index (χ3v) is 2.25. The maximum Gasteiger partial charge on any atom is 0.309 e. The molecule has 0 saturated carbocycles. The molecule has 0 spiro atoms. The van der Waals surface area contributed by atoms with Crippen LogP contribution in [0.1, 0.15) is 19.8 Å². The van der Waals surface area contributed by atoms with Crippen LogP contribution in [-0.4, -0.2) is 24.3 Å². The molecule has 1 aliphatic rings. The summed E-state index contributed by atoms with van der Waals surface area (Å²) >= 11 is 0. The van der Waals surface area contributed by atoms with E-state index in [9.17, 15) is 4.79 Å². The molecule has 11 heavy (non-hydrogen) atoms. The Labute approximate surface area is 66.4 Å². The first-order valence-electron chi connectivity index (χ1n) is 4.07. The molecule has 0 bridgehead atoms. The van der Waals surface area contributed by atoms with E-state index < -0.39 is 0 Å².